The number of halogens is 1. The lowest BCUT2D eigenvalue weighted by atomic mass is 10.0. The maximum atomic E-state index is 13.1. The minimum atomic E-state index is -0.503. The van der Waals surface area contributed by atoms with Crippen LogP contribution in [0.1, 0.15) is 5.56 Å². The number of rotatable bonds is 2. The van der Waals surface area contributed by atoms with Gasteiger partial charge in [0.2, 0.25) is 5.88 Å². The Balaban J connectivity index is 0.00000182. The summed E-state index contributed by atoms with van der Waals surface area (Å²) in [5, 5.41) is 24.4. The van der Waals surface area contributed by atoms with Crippen LogP contribution in [0.15, 0.2) is 66.2 Å². The first-order valence-corrected chi connectivity index (χ1v) is 7.02. The van der Waals surface area contributed by atoms with Gasteiger partial charge in [0, 0.05) is 6.08 Å². The van der Waals surface area contributed by atoms with Gasteiger partial charge in [-0.1, -0.05) is 12.1 Å². The average molecular weight is 343 g/mol. The van der Waals surface area contributed by atoms with E-state index >= 15 is 0 Å². The molecule has 2 aliphatic heterocycles. The van der Waals surface area contributed by atoms with Crippen molar-refractivity contribution in [2.75, 3.05) is 10.0 Å². The number of allylic oxidation sites excluding steroid dienone is 1. The fourth-order valence-corrected chi connectivity index (χ4v) is 2.68. The quantitative estimate of drug-likeness (QED) is 0.662. The Morgan fingerprint density at radius 2 is 1.76 bits per heavy atom. The van der Waals surface area contributed by atoms with Crippen LogP contribution in [-0.2, 0) is 0 Å². The minimum absolute atomic E-state index is 0. The van der Waals surface area contributed by atoms with Gasteiger partial charge in [-0.15, -0.1) is 0 Å². The smallest absolute Gasteiger partial charge is 0.281 e. The average Bonchev–Trinajstić information content (AvgIpc) is 2.92. The normalized spacial score (nSPS) is 15.3. The zero-order chi connectivity index (χ0) is 16.8. The molecule has 0 aliphatic carbocycles. The molecule has 2 heterocycles. The van der Waals surface area contributed by atoms with E-state index in [0.717, 1.165) is 0 Å². The molecule has 1 radical (unpaired) electrons. The van der Waals surface area contributed by atoms with E-state index in [1.165, 1.54) is 40.4 Å². The molecule has 2 aromatic carbocycles. The Morgan fingerprint density at radius 1 is 1.08 bits per heavy atom. The van der Waals surface area contributed by atoms with E-state index in [0.29, 0.717) is 16.9 Å². The molecular formula is C16H12FN4O4. The fourth-order valence-electron chi connectivity index (χ4n) is 2.68. The Labute approximate surface area is 141 Å². The summed E-state index contributed by atoms with van der Waals surface area (Å²) in [6.45, 7) is 0. The van der Waals surface area contributed by atoms with Gasteiger partial charge in [-0.05, 0) is 41.9 Å². The van der Waals surface area contributed by atoms with Gasteiger partial charge in [-0.25, -0.2) is 14.4 Å². The second-order valence-electron chi connectivity index (χ2n) is 5.20. The molecule has 3 N–H and O–H groups in total. The van der Waals surface area contributed by atoms with Crippen molar-refractivity contribution in [3.8, 4) is 0 Å². The second-order valence-corrected chi connectivity index (χ2v) is 5.20. The number of aliphatic hydroxyl groups is 1. The molecule has 9 heteroatoms. The molecule has 4 rings (SSSR count). The Kier molecular flexibility index (Phi) is 3.87. The first-order valence-electron chi connectivity index (χ1n) is 7.02. The SMILES string of the molecule is O.O=[N+]([O-])C1=CC2=C(O)N(c3ccc(F)cc3)[N]N2c2ccccc21. The molecule has 0 amide bonds. The maximum absolute atomic E-state index is 13.1. The topological polar surface area (TPSA) is 115 Å². The van der Waals surface area contributed by atoms with Gasteiger partial charge in [-0.3, -0.25) is 10.1 Å². The van der Waals surface area contributed by atoms with Crippen molar-refractivity contribution in [2.24, 2.45) is 0 Å². The van der Waals surface area contributed by atoms with Crippen LogP contribution in [0.25, 0.3) is 5.70 Å². The fraction of sp³-hybridized carbons (Fsp3) is 0. The highest BCUT2D eigenvalue weighted by Gasteiger charge is 2.39. The number of hydrogen-bond acceptors (Lipinski definition) is 5. The highest BCUT2D eigenvalue weighted by molar-refractivity contribution is 5.82. The van der Waals surface area contributed by atoms with Gasteiger partial charge in [0.1, 0.15) is 11.5 Å². The first-order chi connectivity index (χ1) is 11.6. The number of para-hydroxylation sites is 1. The third kappa shape index (κ3) is 2.47. The summed E-state index contributed by atoms with van der Waals surface area (Å²) in [6.07, 6.45) is 1.27. The van der Waals surface area contributed by atoms with Gasteiger partial charge in [0.05, 0.1) is 21.9 Å². The molecule has 0 saturated carbocycles. The number of hydrogen-bond donors (Lipinski definition) is 1. The highest BCUT2D eigenvalue weighted by atomic mass is 19.1. The van der Waals surface area contributed by atoms with Crippen LogP contribution in [-0.4, -0.2) is 15.5 Å². The summed E-state index contributed by atoms with van der Waals surface area (Å²) in [7, 11) is 0. The summed E-state index contributed by atoms with van der Waals surface area (Å²) in [4.78, 5) is 10.8. The summed E-state index contributed by atoms with van der Waals surface area (Å²) in [5.74, 6) is -0.681. The van der Waals surface area contributed by atoms with Crippen LogP contribution in [0.2, 0.25) is 0 Å². The molecule has 2 aliphatic rings. The summed E-state index contributed by atoms with van der Waals surface area (Å²) < 4.78 is 13.1. The number of anilines is 2. The van der Waals surface area contributed by atoms with E-state index in [9.17, 15) is 19.6 Å². The zero-order valence-corrected chi connectivity index (χ0v) is 12.6. The van der Waals surface area contributed by atoms with E-state index in [4.69, 9.17) is 0 Å². The summed E-state index contributed by atoms with van der Waals surface area (Å²) in [6, 6.07) is 12.1. The van der Waals surface area contributed by atoms with Gasteiger partial charge in [-0.2, -0.15) is 0 Å². The van der Waals surface area contributed by atoms with Crippen LogP contribution in [0.5, 0.6) is 0 Å². The molecule has 25 heavy (non-hydrogen) atoms. The van der Waals surface area contributed by atoms with Crippen molar-refractivity contribution in [3.05, 3.63) is 87.7 Å². The van der Waals surface area contributed by atoms with E-state index < -0.39 is 10.7 Å². The van der Waals surface area contributed by atoms with Gasteiger partial charge in [0.15, 0.2) is 0 Å². The molecule has 127 valence electrons. The van der Waals surface area contributed by atoms with Crippen molar-refractivity contribution in [3.63, 3.8) is 0 Å². The minimum Gasteiger partial charge on any atom is -0.492 e. The van der Waals surface area contributed by atoms with Crippen molar-refractivity contribution in [1.29, 1.82) is 0 Å². The lowest BCUT2D eigenvalue weighted by Crippen LogP contribution is -2.36. The molecule has 0 bridgehead atoms. The number of nitro groups is 1. The molecule has 0 saturated heterocycles. The molecule has 0 unspecified atom stereocenters. The van der Waals surface area contributed by atoms with E-state index in [1.54, 1.807) is 24.3 Å². The number of benzene rings is 2. The Bertz CT molecular complexity index is 911. The maximum Gasteiger partial charge on any atom is 0.281 e. The summed E-state index contributed by atoms with van der Waals surface area (Å²) >= 11 is 0. The van der Waals surface area contributed by atoms with Crippen molar-refractivity contribution in [1.82, 2.24) is 5.53 Å². The van der Waals surface area contributed by atoms with E-state index in [2.05, 4.69) is 5.53 Å². The van der Waals surface area contributed by atoms with E-state index in [-0.39, 0.29) is 22.8 Å². The lowest BCUT2D eigenvalue weighted by molar-refractivity contribution is -0.375. The molecule has 0 atom stereocenters. The predicted molar refractivity (Wildman–Crippen MR) is 88.2 cm³/mol. The molecular weight excluding hydrogens is 331 g/mol. The monoisotopic (exact) mass is 343 g/mol. The van der Waals surface area contributed by atoms with Crippen LogP contribution >= 0.6 is 0 Å². The first kappa shape index (κ1) is 16.4. The second kappa shape index (κ2) is 5.89. The number of fused-ring (bicyclic) bond motifs is 3. The van der Waals surface area contributed by atoms with Gasteiger partial charge >= 0.3 is 0 Å². The highest BCUT2D eigenvalue weighted by Crippen LogP contribution is 2.40. The van der Waals surface area contributed by atoms with Crippen molar-refractivity contribution >= 4 is 17.1 Å². The van der Waals surface area contributed by atoms with Crippen LogP contribution in [0.4, 0.5) is 15.8 Å². The van der Waals surface area contributed by atoms with Crippen molar-refractivity contribution in [2.45, 2.75) is 0 Å². The largest absolute Gasteiger partial charge is 0.492 e. The van der Waals surface area contributed by atoms with Crippen LogP contribution in [0.3, 0.4) is 0 Å². The zero-order valence-electron chi connectivity index (χ0n) is 12.6. The molecule has 0 aromatic heterocycles. The lowest BCUT2D eigenvalue weighted by Gasteiger charge is -2.24. The van der Waals surface area contributed by atoms with Crippen LogP contribution < -0.4 is 15.6 Å². The molecule has 2 aromatic rings. The number of aliphatic hydroxyl groups excluding tert-OH is 1. The van der Waals surface area contributed by atoms with E-state index in [1.807, 2.05) is 0 Å². The number of nitrogens with zero attached hydrogens (tertiary/aromatic N) is 4. The predicted octanol–water partition coefficient (Wildman–Crippen LogP) is 2.12. The van der Waals surface area contributed by atoms with Gasteiger partial charge in [0.25, 0.3) is 5.70 Å². The van der Waals surface area contributed by atoms with Crippen LogP contribution in [0, 0.1) is 15.9 Å². The molecule has 0 fully saturated rings. The Morgan fingerprint density at radius 3 is 2.44 bits per heavy atom. The summed E-state index contributed by atoms with van der Waals surface area (Å²) in [5.41, 5.74) is 5.66. The standard InChI is InChI=1S/C16H10FN4O3.H2O/c17-10-5-7-11(8-6-10)19-16(22)15-9-14(21(23)24)12-3-1-2-4-13(12)20(15)18-19;/h1-9,22H;1H2. The third-order valence-corrected chi connectivity index (χ3v) is 3.79. The molecule has 0 spiro atoms. The molecule has 8 nitrogen and oxygen atoms in total. The van der Waals surface area contributed by atoms with Crippen molar-refractivity contribution < 1.29 is 19.9 Å². The third-order valence-electron chi connectivity index (χ3n) is 3.79. The Hall–Kier alpha value is -3.43. The van der Waals surface area contributed by atoms with Gasteiger partial charge < -0.3 is 10.6 Å².